The summed E-state index contributed by atoms with van der Waals surface area (Å²) < 4.78 is 32.0. The Bertz CT molecular complexity index is 1010. The summed E-state index contributed by atoms with van der Waals surface area (Å²) in [4.78, 5) is 34.5. The molecule has 8 nitrogen and oxygen atoms in total. The number of esters is 2. The number of phosphoric acid groups is 1. The predicted molar refractivity (Wildman–Crippen MR) is 221 cm³/mol. The third-order valence-corrected chi connectivity index (χ3v) is 9.98. The van der Waals surface area contributed by atoms with Crippen LogP contribution >= 0.6 is 7.82 Å². The van der Waals surface area contributed by atoms with Crippen LogP contribution in [-0.4, -0.2) is 43.3 Å². The number of hydrogen-bond donors (Lipinski definition) is 1. The van der Waals surface area contributed by atoms with E-state index in [1.165, 1.54) is 70.6 Å². The second-order valence-corrected chi connectivity index (χ2v) is 15.7. The highest BCUT2D eigenvalue weighted by Gasteiger charge is 2.24. The SMILES string of the molecule is CCCCC/C=C\C/C=C\C/C=C\CCCCCCCCC(=O)OC(COC(=O)CCCCCCC/C=C\CCCCCCCC)COP(=O)(O)OC. The quantitative estimate of drug-likeness (QED) is 0.0285. The topological polar surface area (TPSA) is 108 Å². The lowest BCUT2D eigenvalue weighted by atomic mass is 10.1. The fraction of sp³-hybridized carbons (Fsp3) is 0.773. The first-order valence-corrected chi connectivity index (χ1v) is 22.8. The number of phosphoric ester groups is 1. The Balaban J connectivity index is 4.05. The third-order valence-electron chi connectivity index (χ3n) is 9.05. The van der Waals surface area contributed by atoms with Crippen molar-refractivity contribution in [2.75, 3.05) is 20.3 Å². The molecule has 0 aliphatic heterocycles. The molecular weight excluding hydrogens is 687 g/mol. The van der Waals surface area contributed by atoms with Crippen LogP contribution < -0.4 is 0 Å². The van der Waals surface area contributed by atoms with Gasteiger partial charge in [-0.25, -0.2) is 4.57 Å². The standard InChI is InChI=1S/C44H79O8P/c1-4-6-8-10-12-14-16-18-20-21-22-23-25-27-29-31-33-35-37-39-44(46)52-42(41-51-53(47,48)49-3)40-50-43(45)38-36-34-32-30-28-26-24-19-17-15-13-11-9-7-5-2/h12,14,18-20,22-24,42H,4-11,13,15-17,21,25-41H2,1-3H3,(H,47,48)/b14-12-,20-18-,23-22-,24-19-. The average molecular weight is 767 g/mol. The summed E-state index contributed by atoms with van der Waals surface area (Å²) in [5, 5.41) is 0. The molecule has 0 fully saturated rings. The van der Waals surface area contributed by atoms with Crippen LogP contribution in [0.4, 0.5) is 0 Å². The molecule has 0 rings (SSSR count). The number of carbonyl (C=O) groups excluding carboxylic acids is 2. The van der Waals surface area contributed by atoms with Gasteiger partial charge >= 0.3 is 19.8 Å². The fourth-order valence-electron chi connectivity index (χ4n) is 5.72. The molecule has 0 radical (unpaired) electrons. The highest BCUT2D eigenvalue weighted by atomic mass is 31.2. The minimum absolute atomic E-state index is 0.228. The Hall–Kier alpha value is -1.99. The van der Waals surface area contributed by atoms with Crippen LogP contribution in [0.5, 0.6) is 0 Å². The van der Waals surface area contributed by atoms with Gasteiger partial charge in [0.05, 0.1) is 6.61 Å². The Morgan fingerprint density at radius 1 is 0.528 bits per heavy atom. The molecule has 0 aliphatic rings. The maximum absolute atomic E-state index is 12.5. The fourth-order valence-corrected chi connectivity index (χ4v) is 6.18. The van der Waals surface area contributed by atoms with Crippen molar-refractivity contribution in [1.82, 2.24) is 0 Å². The Morgan fingerprint density at radius 3 is 1.40 bits per heavy atom. The van der Waals surface area contributed by atoms with Crippen molar-refractivity contribution in [3.63, 3.8) is 0 Å². The summed E-state index contributed by atoms with van der Waals surface area (Å²) in [6, 6.07) is 0. The van der Waals surface area contributed by atoms with Crippen LogP contribution in [0.25, 0.3) is 0 Å². The summed E-state index contributed by atoms with van der Waals surface area (Å²) >= 11 is 0. The van der Waals surface area contributed by atoms with Crippen molar-refractivity contribution in [3.05, 3.63) is 48.6 Å². The van der Waals surface area contributed by atoms with E-state index < -0.39 is 26.5 Å². The lowest BCUT2D eigenvalue weighted by Gasteiger charge is -2.19. The normalized spacial score (nSPS) is 13.8. The van der Waals surface area contributed by atoms with E-state index in [2.05, 4.69) is 67.0 Å². The van der Waals surface area contributed by atoms with Gasteiger partial charge in [0.25, 0.3) is 0 Å². The molecule has 0 aromatic heterocycles. The van der Waals surface area contributed by atoms with E-state index in [4.69, 9.17) is 14.0 Å². The number of rotatable bonds is 39. The largest absolute Gasteiger partial charge is 0.472 e. The van der Waals surface area contributed by atoms with Crippen molar-refractivity contribution in [2.45, 2.75) is 200 Å². The predicted octanol–water partition coefficient (Wildman–Crippen LogP) is 13.4. The zero-order chi connectivity index (χ0) is 38.9. The highest BCUT2D eigenvalue weighted by Crippen LogP contribution is 2.42. The molecule has 0 saturated heterocycles. The zero-order valence-corrected chi connectivity index (χ0v) is 35.1. The van der Waals surface area contributed by atoms with Gasteiger partial charge in [-0.1, -0.05) is 152 Å². The maximum Gasteiger partial charge on any atom is 0.472 e. The third kappa shape index (κ3) is 39.5. The summed E-state index contributed by atoms with van der Waals surface area (Å²) in [5.41, 5.74) is 0. The number of allylic oxidation sites excluding steroid dienone is 8. The molecular formula is C44H79O8P. The first-order chi connectivity index (χ1) is 25.8. The highest BCUT2D eigenvalue weighted by molar-refractivity contribution is 7.47. The molecule has 9 heteroatoms. The van der Waals surface area contributed by atoms with E-state index >= 15 is 0 Å². The average Bonchev–Trinajstić information content (AvgIpc) is 3.15. The van der Waals surface area contributed by atoms with E-state index in [9.17, 15) is 19.0 Å². The van der Waals surface area contributed by atoms with Crippen LogP contribution in [0.2, 0.25) is 0 Å². The number of carbonyl (C=O) groups is 2. The van der Waals surface area contributed by atoms with Gasteiger partial charge in [0.2, 0.25) is 0 Å². The molecule has 0 amide bonds. The van der Waals surface area contributed by atoms with E-state index in [0.717, 1.165) is 97.0 Å². The van der Waals surface area contributed by atoms with Crippen LogP contribution in [0.3, 0.4) is 0 Å². The van der Waals surface area contributed by atoms with E-state index in [0.29, 0.717) is 6.42 Å². The van der Waals surface area contributed by atoms with Crippen LogP contribution in [-0.2, 0) is 32.7 Å². The molecule has 1 N–H and O–H groups in total. The molecule has 308 valence electrons. The van der Waals surface area contributed by atoms with Gasteiger partial charge in [-0.05, 0) is 77.0 Å². The molecule has 0 aromatic rings. The minimum atomic E-state index is -4.27. The number of ether oxygens (including phenoxy) is 2. The molecule has 53 heavy (non-hydrogen) atoms. The second kappa shape index (κ2) is 39.7. The van der Waals surface area contributed by atoms with Gasteiger partial charge in [-0.2, -0.15) is 0 Å². The van der Waals surface area contributed by atoms with Crippen LogP contribution in [0.15, 0.2) is 48.6 Å². The molecule has 2 atom stereocenters. The maximum atomic E-state index is 12.5. The minimum Gasteiger partial charge on any atom is -0.462 e. The van der Waals surface area contributed by atoms with Gasteiger partial charge in [-0.3, -0.25) is 18.6 Å². The summed E-state index contributed by atoms with van der Waals surface area (Å²) in [6.45, 7) is 3.84. The number of unbranched alkanes of at least 4 members (excludes halogenated alkanes) is 20. The van der Waals surface area contributed by atoms with Crippen LogP contribution in [0.1, 0.15) is 194 Å². The van der Waals surface area contributed by atoms with E-state index in [1.807, 2.05) is 0 Å². The molecule has 0 heterocycles. The Kier molecular flexibility index (Phi) is 38.2. The molecule has 0 saturated carbocycles. The smallest absolute Gasteiger partial charge is 0.462 e. The van der Waals surface area contributed by atoms with Gasteiger partial charge in [0, 0.05) is 20.0 Å². The molecule has 0 aromatic carbocycles. The second-order valence-electron chi connectivity index (χ2n) is 14.1. The van der Waals surface area contributed by atoms with E-state index in [-0.39, 0.29) is 25.4 Å². The van der Waals surface area contributed by atoms with Gasteiger partial charge < -0.3 is 14.4 Å². The monoisotopic (exact) mass is 767 g/mol. The lowest BCUT2D eigenvalue weighted by molar-refractivity contribution is -0.161. The molecule has 2 unspecified atom stereocenters. The lowest BCUT2D eigenvalue weighted by Crippen LogP contribution is -2.29. The molecule has 0 bridgehead atoms. The van der Waals surface area contributed by atoms with Crippen molar-refractivity contribution < 1.29 is 37.6 Å². The van der Waals surface area contributed by atoms with Crippen molar-refractivity contribution in [1.29, 1.82) is 0 Å². The number of hydrogen-bond acceptors (Lipinski definition) is 7. The van der Waals surface area contributed by atoms with Crippen LogP contribution in [0, 0.1) is 0 Å². The first kappa shape index (κ1) is 51.0. The summed E-state index contributed by atoms with van der Waals surface area (Å²) in [7, 11) is -3.21. The first-order valence-electron chi connectivity index (χ1n) is 21.3. The van der Waals surface area contributed by atoms with E-state index in [1.54, 1.807) is 0 Å². The Labute approximate surface area is 325 Å². The van der Waals surface area contributed by atoms with Crippen molar-refractivity contribution in [2.24, 2.45) is 0 Å². The molecule has 0 aliphatic carbocycles. The summed E-state index contributed by atoms with van der Waals surface area (Å²) in [6.07, 6.45) is 47.3. The van der Waals surface area contributed by atoms with Crippen molar-refractivity contribution in [3.8, 4) is 0 Å². The Morgan fingerprint density at radius 2 is 0.906 bits per heavy atom. The zero-order valence-electron chi connectivity index (χ0n) is 34.2. The molecule has 0 spiro atoms. The van der Waals surface area contributed by atoms with Crippen molar-refractivity contribution >= 4 is 19.8 Å². The van der Waals surface area contributed by atoms with Gasteiger partial charge in [-0.15, -0.1) is 0 Å². The van der Waals surface area contributed by atoms with Gasteiger partial charge in [0.15, 0.2) is 6.10 Å². The van der Waals surface area contributed by atoms with Gasteiger partial charge in [0.1, 0.15) is 6.61 Å². The summed E-state index contributed by atoms with van der Waals surface area (Å²) in [5.74, 6) is -0.828.